The molecule has 21 heavy (non-hydrogen) atoms. The number of ether oxygens (including phenoxy) is 1. The van der Waals surface area contributed by atoms with Crippen molar-refractivity contribution in [1.82, 2.24) is 4.57 Å². The predicted molar refractivity (Wildman–Crippen MR) is 84.2 cm³/mol. The zero-order chi connectivity index (χ0) is 15.0. The van der Waals surface area contributed by atoms with Crippen molar-refractivity contribution < 1.29 is 9.66 Å². The molecule has 0 aliphatic heterocycles. The number of nitro groups is 1. The molecular weight excluding hydrogens is 336 g/mol. The second-order valence-electron chi connectivity index (χ2n) is 4.48. The highest BCUT2D eigenvalue weighted by Crippen LogP contribution is 2.34. The maximum Gasteiger partial charge on any atom is 0.293 e. The zero-order valence-corrected chi connectivity index (χ0v) is 12.7. The van der Waals surface area contributed by atoms with Gasteiger partial charge in [-0.05, 0) is 40.2 Å². The van der Waals surface area contributed by atoms with Gasteiger partial charge >= 0.3 is 0 Å². The molecule has 3 aromatic rings. The fourth-order valence-electron chi connectivity index (χ4n) is 2.32. The molecule has 0 atom stereocenters. The number of fused-ring (bicyclic) bond motifs is 1. The molecule has 0 saturated carbocycles. The smallest absolute Gasteiger partial charge is 0.293 e. The molecule has 0 amide bonds. The van der Waals surface area contributed by atoms with E-state index in [2.05, 4.69) is 15.9 Å². The van der Waals surface area contributed by atoms with Crippen LogP contribution in [-0.2, 0) is 0 Å². The highest BCUT2D eigenvalue weighted by molar-refractivity contribution is 9.10. The number of non-ortho nitro benzene ring substituents is 1. The predicted octanol–water partition coefficient (Wildman–Crippen LogP) is 4.31. The molecule has 6 heteroatoms. The number of hydrogen-bond donors (Lipinski definition) is 0. The topological polar surface area (TPSA) is 57.3 Å². The molecule has 0 aliphatic rings. The van der Waals surface area contributed by atoms with Gasteiger partial charge in [0.25, 0.3) is 5.69 Å². The Balaban J connectivity index is 2.28. The van der Waals surface area contributed by atoms with Crippen LogP contribution in [0.5, 0.6) is 5.75 Å². The first-order valence-corrected chi connectivity index (χ1v) is 6.99. The van der Waals surface area contributed by atoms with E-state index in [1.807, 2.05) is 36.5 Å². The van der Waals surface area contributed by atoms with Crippen molar-refractivity contribution in [2.45, 2.75) is 0 Å². The minimum absolute atomic E-state index is 0.0778. The average Bonchev–Trinajstić information content (AvgIpc) is 2.84. The van der Waals surface area contributed by atoms with E-state index < -0.39 is 0 Å². The maximum atomic E-state index is 11.3. The van der Waals surface area contributed by atoms with E-state index in [4.69, 9.17) is 4.74 Å². The van der Waals surface area contributed by atoms with Crippen LogP contribution in [0.3, 0.4) is 0 Å². The van der Waals surface area contributed by atoms with Crippen LogP contribution in [0.15, 0.2) is 53.1 Å². The van der Waals surface area contributed by atoms with Crippen molar-refractivity contribution in [2.75, 3.05) is 7.11 Å². The van der Waals surface area contributed by atoms with E-state index in [-0.39, 0.29) is 10.6 Å². The van der Waals surface area contributed by atoms with Crippen molar-refractivity contribution >= 4 is 32.5 Å². The summed E-state index contributed by atoms with van der Waals surface area (Å²) < 4.78 is 7.75. The average molecular weight is 347 g/mol. The minimum atomic E-state index is -0.366. The van der Waals surface area contributed by atoms with E-state index >= 15 is 0 Å². The molecule has 3 rings (SSSR count). The van der Waals surface area contributed by atoms with Crippen molar-refractivity contribution in [3.05, 3.63) is 63.2 Å². The molecule has 106 valence electrons. The molecular formula is C15H11BrN2O3. The number of nitro benzene ring substituents is 1. The van der Waals surface area contributed by atoms with Gasteiger partial charge < -0.3 is 9.30 Å². The molecule has 0 unspecified atom stereocenters. The van der Waals surface area contributed by atoms with Crippen LogP contribution in [0.25, 0.3) is 16.6 Å². The molecule has 1 aromatic heterocycles. The van der Waals surface area contributed by atoms with Gasteiger partial charge in [0.05, 0.1) is 12.0 Å². The first kappa shape index (κ1) is 13.6. The second-order valence-corrected chi connectivity index (χ2v) is 5.33. The van der Waals surface area contributed by atoms with Gasteiger partial charge in [0.2, 0.25) is 0 Å². The SMILES string of the molecule is COc1ccc(-n2cc(Br)c3cccc([N+](=O)[O-])c32)cc1. The Morgan fingerprint density at radius 2 is 1.90 bits per heavy atom. The summed E-state index contributed by atoms with van der Waals surface area (Å²) in [6.45, 7) is 0. The largest absolute Gasteiger partial charge is 0.497 e. The van der Waals surface area contributed by atoms with Crippen molar-refractivity contribution in [3.8, 4) is 11.4 Å². The summed E-state index contributed by atoms with van der Waals surface area (Å²) >= 11 is 3.46. The normalized spacial score (nSPS) is 10.8. The van der Waals surface area contributed by atoms with Gasteiger partial charge in [0.15, 0.2) is 0 Å². The van der Waals surface area contributed by atoms with E-state index in [9.17, 15) is 10.1 Å². The molecule has 0 aliphatic carbocycles. The Morgan fingerprint density at radius 3 is 2.52 bits per heavy atom. The fourth-order valence-corrected chi connectivity index (χ4v) is 2.84. The third-order valence-electron chi connectivity index (χ3n) is 3.30. The van der Waals surface area contributed by atoms with Gasteiger partial charge in [-0.2, -0.15) is 0 Å². The summed E-state index contributed by atoms with van der Waals surface area (Å²) in [5, 5.41) is 12.1. The maximum absolute atomic E-state index is 11.3. The number of nitrogens with zero attached hydrogens (tertiary/aromatic N) is 2. The molecule has 0 saturated heterocycles. The van der Waals surface area contributed by atoms with E-state index in [0.717, 1.165) is 21.3 Å². The minimum Gasteiger partial charge on any atom is -0.497 e. The van der Waals surface area contributed by atoms with Gasteiger partial charge in [0.1, 0.15) is 11.3 Å². The molecule has 0 radical (unpaired) electrons. The third kappa shape index (κ3) is 2.27. The first-order chi connectivity index (χ1) is 10.1. The summed E-state index contributed by atoms with van der Waals surface area (Å²) in [6.07, 6.45) is 1.83. The Labute approximate surface area is 129 Å². The number of methoxy groups -OCH3 is 1. The lowest BCUT2D eigenvalue weighted by Gasteiger charge is -2.07. The molecule has 1 heterocycles. The number of rotatable bonds is 3. The Bertz CT molecular complexity index is 825. The first-order valence-electron chi connectivity index (χ1n) is 6.20. The summed E-state index contributed by atoms with van der Waals surface area (Å²) in [6, 6.07) is 12.4. The van der Waals surface area contributed by atoms with Gasteiger partial charge in [0, 0.05) is 27.8 Å². The van der Waals surface area contributed by atoms with Crippen LogP contribution >= 0.6 is 15.9 Å². The third-order valence-corrected chi connectivity index (χ3v) is 3.93. The van der Waals surface area contributed by atoms with Crippen LogP contribution in [0, 0.1) is 10.1 Å². The van der Waals surface area contributed by atoms with Crippen molar-refractivity contribution in [3.63, 3.8) is 0 Å². The molecule has 0 spiro atoms. The lowest BCUT2D eigenvalue weighted by molar-refractivity contribution is -0.383. The van der Waals surface area contributed by atoms with E-state index in [0.29, 0.717) is 5.52 Å². The number of benzene rings is 2. The van der Waals surface area contributed by atoms with Crippen molar-refractivity contribution in [2.24, 2.45) is 0 Å². The Hall–Kier alpha value is -2.34. The zero-order valence-electron chi connectivity index (χ0n) is 11.1. The molecule has 0 bridgehead atoms. The van der Waals surface area contributed by atoms with Crippen LogP contribution in [0.1, 0.15) is 0 Å². The summed E-state index contributed by atoms with van der Waals surface area (Å²) in [5.41, 5.74) is 1.48. The lowest BCUT2D eigenvalue weighted by atomic mass is 10.2. The Morgan fingerprint density at radius 1 is 1.19 bits per heavy atom. The number of hydrogen-bond acceptors (Lipinski definition) is 3. The van der Waals surface area contributed by atoms with Crippen LogP contribution < -0.4 is 4.74 Å². The Kier molecular flexibility index (Phi) is 3.39. The summed E-state index contributed by atoms with van der Waals surface area (Å²) in [7, 11) is 1.60. The molecule has 0 N–H and O–H groups in total. The van der Waals surface area contributed by atoms with Crippen LogP contribution in [0.4, 0.5) is 5.69 Å². The summed E-state index contributed by atoms with van der Waals surface area (Å²) in [5.74, 6) is 0.740. The lowest BCUT2D eigenvalue weighted by Crippen LogP contribution is -1.96. The molecule has 5 nitrogen and oxygen atoms in total. The van der Waals surface area contributed by atoms with Gasteiger partial charge in [-0.1, -0.05) is 12.1 Å². The van der Waals surface area contributed by atoms with Crippen LogP contribution in [0.2, 0.25) is 0 Å². The fraction of sp³-hybridized carbons (Fsp3) is 0.0667. The van der Waals surface area contributed by atoms with Gasteiger partial charge in [-0.25, -0.2) is 0 Å². The highest BCUT2D eigenvalue weighted by atomic mass is 79.9. The number of halogens is 1. The number of aromatic nitrogens is 1. The van der Waals surface area contributed by atoms with Crippen LogP contribution in [-0.4, -0.2) is 16.6 Å². The summed E-state index contributed by atoms with van der Waals surface area (Å²) in [4.78, 5) is 10.9. The quantitative estimate of drug-likeness (QED) is 0.524. The number of para-hydroxylation sites is 1. The molecule has 2 aromatic carbocycles. The molecule has 0 fully saturated rings. The van der Waals surface area contributed by atoms with Crippen molar-refractivity contribution in [1.29, 1.82) is 0 Å². The highest BCUT2D eigenvalue weighted by Gasteiger charge is 2.18. The van der Waals surface area contributed by atoms with Gasteiger partial charge in [-0.3, -0.25) is 10.1 Å². The second kappa shape index (κ2) is 5.21. The van der Waals surface area contributed by atoms with E-state index in [1.54, 1.807) is 17.7 Å². The van der Waals surface area contributed by atoms with Gasteiger partial charge in [-0.15, -0.1) is 0 Å². The van der Waals surface area contributed by atoms with E-state index in [1.165, 1.54) is 6.07 Å². The standard InChI is InChI=1S/C15H11BrN2O3/c1-21-11-7-5-10(6-8-11)17-9-13(16)12-3-2-4-14(15(12)17)18(19)20/h2-9H,1H3. The monoisotopic (exact) mass is 346 g/mol.